The van der Waals surface area contributed by atoms with Crippen LogP contribution in [0.4, 0.5) is 5.69 Å². The molecule has 1 aliphatic rings. The van der Waals surface area contributed by atoms with Crippen molar-refractivity contribution in [2.24, 2.45) is 5.73 Å². The summed E-state index contributed by atoms with van der Waals surface area (Å²) in [5, 5.41) is 3.37. The summed E-state index contributed by atoms with van der Waals surface area (Å²) in [5.74, 6) is -0.359. The molecule has 1 aliphatic heterocycles. The number of anilines is 1. The third kappa shape index (κ3) is 2.17. The second kappa shape index (κ2) is 4.53. The van der Waals surface area contributed by atoms with E-state index in [2.05, 4.69) is 17.1 Å². The third-order valence-electron chi connectivity index (χ3n) is 2.88. The van der Waals surface area contributed by atoms with Crippen molar-refractivity contribution in [3.05, 3.63) is 29.8 Å². The van der Waals surface area contributed by atoms with E-state index in [1.54, 1.807) is 6.07 Å². The van der Waals surface area contributed by atoms with Crippen LogP contribution in [0.3, 0.4) is 0 Å². The van der Waals surface area contributed by atoms with Gasteiger partial charge >= 0.3 is 0 Å². The lowest BCUT2D eigenvalue weighted by molar-refractivity contribution is 0.100. The van der Waals surface area contributed by atoms with Crippen LogP contribution in [0.1, 0.15) is 17.3 Å². The Labute approximate surface area is 95.4 Å². The fourth-order valence-corrected chi connectivity index (χ4v) is 2.11. The standard InChI is InChI=1S/C12H17N3O/c1-9-8-15(7-6-14-9)11-5-3-2-4-10(11)12(13)16/h2-5,9,14H,6-8H2,1H3,(H2,13,16)/t9-/m1/s1. The van der Waals surface area contributed by atoms with E-state index in [-0.39, 0.29) is 5.91 Å². The molecule has 86 valence electrons. The molecule has 0 spiro atoms. The molecule has 4 nitrogen and oxygen atoms in total. The van der Waals surface area contributed by atoms with Gasteiger partial charge in [-0.25, -0.2) is 0 Å². The smallest absolute Gasteiger partial charge is 0.250 e. The normalized spacial score (nSPS) is 20.8. The van der Waals surface area contributed by atoms with E-state index in [1.165, 1.54) is 0 Å². The minimum absolute atomic E-state index is 0.359. The largest absolute Gasteiger partial charge is 0.368 e. The van der Waals surface area contributed by atoms with Crippen molar-refractivity contribution in [3.63, 3.8) is 0 Å². The predicted molar refractivity (Wildman–Crippen MR) is 64.6 cm³/mol. The zero-order chi connectivity index (χ0) is 11.5. The van der Waals surface area contributed by atoms with Gasteiger partial charge in [0, 0.05) is 31.4 Å². The molecule has 1 fully saturated rings. The molecule has 1 saturated heterocycles. The van der Waals surface area contributed by atoms with Gasteiger partial charge in [0.05, 0.1) is 5.56 Å². The first kappa shape index (κ1) is 11.0. The van der Waals surface area contributed by atoms with Crippen LogP contribution in [0, 0.1) is 0 Å². The second-order valence-corrected chi connectivity index (χ2v) is 4.18. The Hall–Kier alpha value is -1.55. The number of nitrogens with two attached hydrogens (primary N) is 1. The summed E-state index contributed by atoms with van der Waals surface area (Å²) < 4.78 is 0. The average molecular weight is 219 g/mol. The van der Waals surface area contributed by atoms with Gasteiger partial charge in [-0.3, -0.25) is 4.79 Å². The van der Waals surface area contributed by atoms with Crippen molar-refractivity contribution < 1.29 is 4.79 Å². The van der Waals surface area contributed by atoms with Gasteiger partial charge in [0.15, 0.2) is 0 Å². The molecular formula is C12H17N3O. The Kier molecular flexibility index (Phi) is 3.10. The lowest BCUT2D eigenvalue weighted by Gasteiger charge is -2.34. The van der Waals surface area contributed by atoms with E-state index < -0.39 is 0 Å². The minimum atomic E-state index is -0.359. The second-order valence-electron chi connectivity index (χ2n) is 4.18. The Bertz CT molecular complexity index is 392. The van der Waals surface area contributed by atoms with Gasteiger partial charge in [-0.2, -0.15) is 0 Å². The summed E-state index contributed by atoms with van der Waals surface area (Å²) in [6, 6.07) is 7.96. The Morgan fingerprint density at radius 1 is 1.50 bits per heavy atom. The topological polar surface area (TPSA) is 58.4 Å². The molecule has 1 aromatic rings. The fraction of sp³-hybridized carbons (Fsp3) is 0.417. The van der Waals surface area contributed by atoms with Gasteiger partial charge in [0.1, 0.15) is 0 Å². The fourth-order valence-electron chi connectivity index (χ4n) is 2.11. The Morgan fingerprint density at radius 2 is 2.25 bits per heavy atom. The van der Waals surface area contributed by atoms with Gasteiger partial charge in [-0.05, 0) is 19.1 Å². The molecule has 1 aromatic carbocycles. The van der Waals surface area contributed by atoms with E-state index >= 15 is 0 Å². The van der Waals surface area contributed by atoms with E-state index in [4.69, 9.17) is 5.73 Å². The first-order chi connectivity index (χ1) is 7.68. The average Bonchev–Trinajstić information content (AvgIpc) is 2.29. The minimum Gasteiger partial charge on any atom is -0.368 e. The van der Waals surface area contributed by atoms with Gasteiger partial charge in [0.25, 0.3) is 5.91 Å². The maximum atomic E-state index is 11.3. The number of nitrogens with one attached hydrogen (secondary N) is 1. The van der Waals surface area contributed by atoms with Gasteiger partial charge in [-0.15, -0.1) is 0 Å². The molecule has 0 aliphatic carbocycles. The summed E-state index contributed by atoms with van der Waals surface area (Å²) >= 11 is 0. The van der Waals surface area contributed by atoms with Gasteiger partial charge in [0.2, 0.25) is 0 Å². The van der Waals surface area contributed by atoms with Crippen LogP contribution in [0.25, 0.3) is 0 Å². The highest BCUT2D eigenvalue weighted by atomic mass is 16.1. The van der Waals surface area contributed by atoms with E-state index in [9.17, 15) is 4.79 Å². The number of nitrogens with zero attached hydrogens (tertiary/aromatic N) is 1. The lowest BCUT2D eigenvalue weighted by atomic mass is 10.1. The van der Waals surface area contributed by atoms with Crippen LogP contribution in [0.2, 0.25) is 0 Å². The van der Waals surface area contributed by atoms with Crippen molar-refractivity contribution in [2.45, 2.75) is 13.0 Å². The Morgan fingerprint density at radius 3 is 2.94 bits per heavy atom. The van der Waals surface area contributed by atoms with Crippen LogP contribution in [-0.4, -0.2) is 31.6 Å². The molecule has 0 radical (unpaired) electrons. The zero-order valence-corrected chi connectivity index (χ0v) is 9.44. The highest BCUT2D eigenvalue weighted by Crippen LogP contribution is 2.21. The summed E-state index contributed by atoms with van der Waals surface area (Å²) in [6.45, 7) is 4.90. The van der Waals surface area contributed by atoms with Crippen LogP contribution in [0.5, 0.6) is 0 Å². The molecule has 1 amide bonds. The number of primary amides is 1. The van der Waals surface area contributed by atoms with Crippen molar-refractivity contribution >= 4 is 11.6 Å². The SMILES string of the molecule is C[C@@H]1CN(c2ccccc2C(N)=O)CCN1. The molecule has 0 unspecified atom stereocenters. The third-order valence-corrected chi connectivity index (χ3v) is 2.88. The highest BCUT2D eigenvalue weighted by molar-refractivity contribution is 5.98. The van der Waals surface area contributed by atoms with Crippen LogP contribution in [0.15, 0.2) is 24.3 Å². The van der Waals surface area contributed by atoms with Crippen molar-refractivity contribution in [3.8, 4) is 0 Å². The maximum absolute atomic E-state index is 11.3. The summed E-state index contributed by atoms with van der Waals surface area (Å²) in [7, 11) is 0. The maximum Gasteiger partial charge on any atom is 0.250 e. The van der Waals surface area contributed by atoms with Crippen LogP contribution >= 0.6 is 0 Å². The molecular weight excluding hydrogens is 202 g/mol. The molecule has 1 atom stereocenters. The van der Waals surface area contributed by atoms with Crippen molar-refractivity contribution in [1.29, 1.82) is 0 Å². The molecule has 0 saturated carbocycles. The number of rotatable bonds is 2. The monoisotopic (exact) mass is 219 g/mol. The first-order valence-corrected chi connectivity index (χ1v) is 5.55. The summed E-state index contributed by atoms with van der Waals surface area (Å²) in [6.07, 6.45) is 0. The van der Waals surface area contributed by atoms with Gasteiger partial charge in [-0.1, -0.05) is 12.1 Å². The number of carbonyl (C=O) groups excluding carboxylic acids is 1. The highest BCUT2D eigenvalue weighted by Gasteiger charge is 2.19. The predicted octanol–water partition coefficient (Wildman–Crippen LogP) is 0.584. The summed E-state index contributed by atoms with van der Waals surface area (Å²) in [5.41, 5.74) is 6.93. The zero-order valence-electron chi connectivity index (χ0n) is 9.44. The number of para-hydroxylation sites is 1. The van der Waals surface area contributed by atoms with E-state index in [1.807, 2.05) is 18.2 Å². The number of hydrogen-bond donors (Lipinski definition) is 2. The lowest BCUT2D eigenvalue weighted by Crippen LogP contribution is -2.49. The molecule has 4 heteroatoms. The molecule has 16 heavy (non-hydrogen) atoms. The number of benzene rings is 1. The van der Waals surface area contributed by atoms with E-state index in [0.717, 1.165) is 25.3 Å². The Balaban J connectivity index is 2.28. The van der Waals surface area contributed by atoms with E-state index in [0.29, 0.717) is 11.6 Å². The number of amides is 1. The van der Waals surface area contributed by atoms with Gasteiger partial charge < -0.3 is 16.0 Å². The molecule has 0 bridgehead atoms. The number of carbonyl (C=O) groups is 1. The number of piperazine rings is 1. The van der Waals surface area contributed by atoms with Crippen LogP contribution in [-0.2, 0) is 0 Å². The quantitative estimate of drug-likeness (QED) is 0.765. The molecule has 0 aromatic heterocycles. The number of hydrogen-bond acceptors (Lipinski definition) is 3. The molecule has 3 N–H and O–H groups in total. The van der Waals surface area contributed by atoms with Crippen molar-refractivity contribution in [2.75, 3.05) is 24.5 Å². The first-order valence-electron chi connectivity index (χ1n) is 5.55. The summed E-state index contributed by atoms with van der Waals surface area (Å²) in [4.78, 5) is 13.5. The van der Waals surface area contributed by atoms with Crippen LogP contribution < -0.4 is 16.0 Å². The molecule has 2 rings (SSSR count). The molecule has 1 heterocycles. The van der Waals surface area contributed by atoms with Crippen molar-refractivity contribution in [1.82, 2.24) is 5.32 Å².